The lowest BCUT2D eigenvalue weighted by Crippen LogP contribution is -2.12. The summed E-state index contributed by atoms with van der Waals surface area (Å²) in [5.41, 5.74) is 1.54. The van der Waals surface area contributed by atoms with Gasteiger partial charge in [-0.2, -0.15) is 0 Å². The van der Waals surface area contributed by atoms with Crippen molar-refractivity contribution in [1.82, 2.24) is 4.98 Å². The molecule has 0 bridgehead atoms. The zero-order chi connectivity index (χ0) is 19.8. The maximum atomic E-state index is 14.0. The third kappa shape index (κ3) is 3.56. The Morgan fingerprint density at radius 1 is 1.00 bits per heavy atom. The first kappa shape index (κ1) is 18.4. The van der Waals surface area contributed by atoms with E-state index >= 15 is 0 Å². The molecule has 4 aromatic rings. The van der Waals surface area contributed by atoms with Crippen LogP contribution in [0.3, 0.4) is 0 Å². The Morgan fingerprint density at radius 2 is 1.82 bits per heavy atom. The van der Waals surface area contributed by atoms with Crippen LogP contribution in [0.4, 0.5) is 14.5 Å². The Balaban J connectivity index is 1.64. The van der Waals surface area contributed by atoms with Crippen LogP contribution in [0.5, 0.6) is 0 Å². The van der Waals surface area contributed by atoms with Crippen LogP contribution < -0.4 is 5.32 Å². The molecule has 0 atom stereocenters. The van der Waals surface area contributed by atoms with Crippen molar-refractivity contribution < 1.29 is 18.0 Å². The predicted octanol–water partition coefficient (Wildman–Crippen LogP) is 6.33. The van der Waals surface area contributed by atoms with Gasteiger partial charge in [0.25, 0.3) is 5.91 Å². The van der Waals surface area contributed by atoms with E-state index in [1.54, 1.807) is 24.3 Å². The van der Waals surface area contributed by atoms with Gasteiger partial charge in [-0.1, -0.05) is 23.2 Å². The number of hydrogen-bond acceptors (Lipinski definition) is 3. The molecule has 0 aliphatic heterocycles. The highest BCUT2D eigenvalue weighted by atomic mass is 35.5. The highest BCUT2D eigenvalue weighted by Crippen LogP contribution is 2.29. The summed E-state index contributed by atoms with van der Waals surface area (Å²) in [6, 6.07) is 12.5. The summed E-state index contributed by atoms with van der Waals surface area (Å²) in [5, 5.41) is 3.35. The van der Waals surface area contributed by atoms with Gasteiger partial charge in [-0.15, -0.1) is 0 Å². The molecule has 0 radical (unpaired) electrons. The monoisotopic (exact) mass is 418 g/mol. The number of fused-ring (bicyclic) bond motifs is 1. The van der Waals surface area contributed by atoms with Gasteiger partial charge in [-0.05, 0) is 48.5 Å². The molecule has 0 aliphatic carbocycles. The molecule has 1 aromatic heterocycles. The van der Waals surface area contributed by atoms with Gasteiger partial charge < -0.3 is 9.73 Å². The van der Waals surface area contributed by atoms with Crippen LogP contribution in [0.1, 0.15) is 10.4 Å². The number of anilines is 1. The summed E-state index contributed by atoms with van der Waals surface area (Å²) in [6.07, 6.45) is 0. The van der Waals surface area contributed by atoms with Gasteiger partial charge in [-0.3, -0.25) is 4.79 Å². The van der Waals surface area contributed by atoms with E-state index in [1.807, 2.05) is 0 Å². The number of halogens is 4. The molecule has 0 spiro atoms. The first-order chi connectivity index (χ1) is 13.4. The van der Waals surface area contributed by atoms with Gasteiger partial charge in [0.2, 0.25) is 5.89 Å². The smallest absolute Gasteiger partial charge is 0.257 e. The van der Waals surface area contributed by atoms with Crippen molar-refractivity contribution in [1.29, 1.82) is 0 Å². The van der Waals surface area contributed by atoms with Gasteiger partial charge in [0.05, 0.1) is 16.1 Å². The molecule has 1 amide bonds. The van der Waals surface area contributed by atoms with E-state index in [1.165, 1.54) is 18.2 Å². The fourth-order valence-corrected chi connectivity index (χ4v) is 3.15. The number of nitrogens with zero attached hydrogens (tertiary/aromatic N) is 1. The quantitative estimate of drug-likeness (QED) is 0.422. The molecule has 1 heterocycles. The molecule has 140 valence electrons. The number of amides is 1. The maximum absolute atomic E-state index is 14.0. The zero-order valence-corrected chi connectivity index (χ0v) is 15.5. The second-order valence-corrected chi connectivity index (χ2v) is 6.75. The number of aromatic nitrogens is 1. The van der Waals surface area contributed by atoms with Crippen molar-refractivity contribution in [2.75, 3.05) is 5.32 Å². The molecular formula is C20H10Cl2F2N2O2. The van der Waals surface area contributed by atoms with Crippen LogP contribution >= 0.6 is 23.2 Å². The van der Waals surface area contributed by atoms with E-state index in [0.29, 0.717) is 21.8 Å². The fraction of sp³-hybridized carbons (Fsp3) is 0. The van der Waals surface area contributed by atoms with Crippen molar-refractivity contribution in [2.24, 2.45) is 0 Å². The standard InChI is InChI=1S/C20H10Cl2F2N2O2/c21-10-1-4-13(15(22)7-10)19(27)25-12-3-6-18-17(9-12)26-20(28-18)14-5-2-11(23)8-16(14)24/h1-9H,(H,25,27). The Labute approximate surface area is 167 Å². The highest BCUT2D eigenvalue weighted by molar-refractivity contribution is 6.37. The van der Waals surface area contributed by atoms with Gasteiger partial charge >= 0.3 is 0 Å². The lowest BCUT2D eigenvalue weighted by molar-refractivity contribution is 0.102. The number of rotatable bonds is 3. The average Bonchev–Trinajstić information content (AvgIpc) is 3.04. The predicted molar refractivity (Wildman–Crippen MR) is 104 cm³/mol. The molecule has 4 rings (SSSR count). The van der Waals surface area contributed by atoms with Crippen molar-refractivity contribution in [2.45, 2.75) is 0 Å². The number of hydrogen-bond donors (Lipinski definition) is 1. The molecule has 8 heteroatoms. The Hall–Kier alpha value is -2.96. The molecule has 1 N–H and O–H groups in total. The summed E-state index contributed by atoms with van der Waals surface area (Å²) in [6.45, 7) is 0. The van der Waals surface area contributed by atoms with E-state index in [-0.39, 0.29) is 22.0 Å². The number of oxazole rings is 1. The first-order valence-electron chi connectivity index (χ1n) is 8.03. The largest absolute Gasteiger partial charge is 0.436 e. The SMILES string of the molecule is O=C(Nc1ccc2oc(-c3ccc(F)cc3F)nc2c1)c1ccc(Cl)cc1Cl. The number of nitrogens with one attached hydrogen (secondary N) is 1. The minimum Gasteiger partial charge on any atom is -0.436 e. The van der Waals surface area contributed by atoms with Gasteiger partial charge in [0.1, 0.15) is 17.2 Å². The summed E-state index contributed by atoms with van der Waals surface area (Å²) in [5.74, 6) is -1.88. The normalized spacial score (nSPS) is 11.0. The summed E-state index contributed by atoms with van der Waals surface area (Å²) in [7, 11) is 0. The van der Waals surface area contributed by atoms with Crippen LogP contribution in [0.2, 0.25) is 10.0 Å². The second kappa shape index (κ2) is 7.22. The molecular weight excluding hydrogens is 409 g/mol. The molecule has 3 aromatic carbocycles. The lowest BCUT2D eigenvalue weighted by atomic mass is 10.2. The van der Waals surface area contributed by atoms with Crippen molar-refractivity contribution in [3.8, 4) is 11.5 Å². The third-order valence-electron chi connectivity index (χ3n) is 3.98. The van der Waals surface area contributed by atoms with Crippen LogP contribution in [0, 0.1) is 11.6 Å². The van der Waals surface area contributed by atoms with Gasteiger partial charge in [0.15, 0.2) is 5.58 Å². The van der Waals surface area contributed by atoms with E-state index < -0.39 is 17.5 Å². The van der Waals surface area contributed by atoms with E-state index in [0.717, 1.165) is 12.1 Å². The van der Waals surface area contributed by atoms with Crippen LogP contribution in [0.15, 0.2) is 59.0 Å². The molecule has 0 aliphatic rings. The molecule has 0 unspecified atom stereocenters. The second-order valence-electron chi connectivity index (χ2n) is 5.90. The van der Waals surface area contributed by atoms with E-state index in [9.17, 15) is 13.6 Å². The molecule has 4 nitrogen and oxygen atoms in total. The van der Waals surface area contributed by atoms with Crippen molar-refractivity contribution >= 4 is 45.9 Å². The zero-order valence-electron chi connectivity index (χ0n) is 14.0. The minimum absolute atomic E-state index is 0.0109. The van der Waals surface area contributed by atoms with Gasteiger partial charge in [-0.25, -0.2) is 13.8 Å². The molecule has 0 saturated carbocycles. The van der Waals surface area contributed by atoms with Crippen molar-refractivity contribution in [3.05, 3.63) is 81.8 Å². The van der Waals surface area contributed by atoms with Crippen LogP contribution in [-0.4, -0.2) is 10.9 Å². The maximum Gasteiger partial charge on any atom is 0.257 e. The Morgan fingerprint density at radius 3 is 2.57 bits per heavy atom. The summed E-state index contributed by atoms with van der Waals surface area (Å²) < 4.78 is 32.6. The van der Waals surface area contributed by atoms with Gasteiger partial charge in [0, 0.05) is 16.8 Å². The van der Waals surface area contributed by atoms with Crippen molar-refractivity contribution in [3.63, 3.8) is 0 Å². The lowest BCUT2D eigenvalue weighted by Gasteiger charge is -2.06. The van der Waals surface area contributed by atoms with E-state index in [2.05, 4.69) is 10.3 Å². The number of carbonyl (C=O) groups excluding carboxylic acids is 1. The van der Waals surface area contributed by atoms with Crippen LogP contribution in [-0.2, 0) is 0 Å². The number of benzene rings is 3. The minimum atomic E-state index is -0.780. The molecule has 0 fully saturated rings. The molecule has 0 saturated heterocycles. The highest BCUT2D eigenvalue weighted by Gasteiger charge is 2.15. The molecule has 28 heavy (non-hydrogen) atoms. The number of carbonyl (C=O) groups is 1. The Kier molecular flexibility index (Phi) is 4.75. The summed E-state index contributed by atoms with van der Waals surface area (Å²) >= 11 is 11.9. The Bertz CT molecular complexity index is 1220. The average molecular weight is 419 g/mol. The van der Waals surface area contributed by atoms with Crippen LogP contribution in [0.25, 0.3) is 22.6 Å². The fourth-order valence-electron chi connectivity index (χ4n) is 2.66. The summed E-state index contributed by atoms with van der Waals surface area (Å²) in [4.78, 5) is 16.6. The van der Waals surface area contributed by atoms with E-state index in [4.69, 9.17) is 27.6 Å². The topological polar surface area (TPSA) is 55.1 Å². The third-order valence-corrected chi connectivity index (χ3v) is 4.53. The first-order valence-corrected chi connectivity index (χ1v) is 8.79.